The molecule has 5 nitrogen and oxygen atoms in total. The molecule has 2 aromatic rings. The van der Waals surface area contributed by atoms with E-state index in [1.54, 1.807) is 6.20 Å². The molecule has 2 N–H and O–H groups in total. The smallest absolute Gasteiger partial charge is 0.237 e. The van der Waals surface area contributed by atoms with Gasteiger partial charge in [-0.25, -0.2) is 0 Å². The van der Waals surface area contributed by atoms with Crippen LogP contribution in [0.5, 0.6) is 0 Å². The van der Waals surface area contributed by atoms with E-state index >= 15 is 0 Å². The third-order valence-electron chi connectivity index (χ3n) is 3.47. The zero-order valence-electron chi connectivity index (χ0n) is 11.0. The lowest BCUT2D eigenvalue weighted by Crippen LogP contribution is -2.47. The molecule has 0 spiro atoms. The fourth-order valence-corrected chi connectivity index (χ4v) is 2.37. The van der Waals surface area contributed by atoms with Crippen molar-refractivity contribution in [3.8, 4) is 0 Å². The van der Waals surface area contributed by atoms with Crippen molar-refractivity contribution in [3.63, 3.8) is 0 Å². The molecular weight excluding hydrogens is 252 g/mol. The molecule has 5 heteroatoms. The van der Waals surface area contributed by atoms with Gasteiger partial charge < -0.3 is 10.6 Å². The molecule has 1 aliphatic rings. The number of carbonyl (C=O) groups is 1. The second kappa shape index (κ2) is 5.79. The number of rotatable bonds is 3. The Morgan fingerprint density at radius 3 is 2.90 bits per heavy atom. The average molecular weight is 268 g/mol. The minimum atomic E-state index is -0.179. The Balaban J connectivity index is 1.59. The first-order valence-electron chi connectivity index (χ1n) is 6.67. The number of hydrogen-bond donors (Lipinski definition) is 2. The molecule has 20 heavy (non-hydrogen) atoms. The van der Waals surface area contributed by atoms with Crippen LogP contribution in [0, 0.1) is 0 Å². The van der Waals surface area contributed by atoms with Crippen LogP contribution in [0.15, 0.2) is 42.6 Å². The summed E-state index contributed by atoms with van der Waals surface area (Å²) in [5, 5.41) is 13.9. The third-order valence-corrected chi connectivity index (χ3v) is 3.47. The summed E-state index contributed by atoms with van der Waals surface area (Å²) in [7, 11) is 0. The van der Waals surface area contributed by atoms with Gasteiger partial charge in [-0.15, -0.1) is 0 Å². The van der Waals surface area contributed by atoms with Crippen molar-refractivity contribution in [2.75, 3.05) is 0 Å². The lowest BCUT2D eigenvalue weighted by molar-refractivity contribution is -0.123. The molecule has 2 heterocycles. The van der Waals surface area contributed by atoms with Crippen molar-refractivity contribution < 1.29 is 4.79 Å². The van der Waals surface area contributed by atoms with Gasteiger partial charge in [0.2, 0.25) is 5.91 Å². The number of benzene rings is 1. The highest BCUT2D eigenvalue weighted by Crippen LogP contribution is 2.16. The van der Waals surface area contributed by atoms with Crippen molar-refractivity contribution >= 4 is 5.91 Å². The number of fused-ring (bicyclic) bond motifs is 1. The Kier molecular flexibility index (Phi) is 3.69. The summed E-state index contributed by atoms with van der Waals surface area (Å²) in [6.07, 6.45) is 2.34. The van der Waals surface area contributed by atoms with Gasteiger partial charge in [-0.05, 0) is 29.7 Å². The molecule has 0 bridgehead atoms. The largest absolute Gasteiger partial charge is 0.349 e. The Morgan fingerprint density at radius 1 is 1.25 bits per heavy atom. The van der Waals surface area contributed by atoms with E-state index in [9.17, 15) is 4.79 Å². The van der Waals surface area contributed by atoms with Crippen LogP contribution < -0.4 is 10.6 Å². The Bertz CT molecular complexity index is 600. The minimum absolute atomic E-state index is 0.00477. The zero-order valence-corrected chi connectivity index (χ0v) is 11.0. The molecule has 0 aliphatic carbocycles. The van der Waals surface area contributed by atoms with Crippen LogP contribution in [0.25, 0.3) is 0 Å². The number of aromatic nitrogens is 2. The van der Waals surface area contributed by atoms with Crippen LogP contribution in [0.1, 0.15) is 16.8 Å². The second-order valence-electron chi connectivity index (χ2n) is 4.84. The van der Waals surface area contributed by atoms with Crippen molar-refractivity contribution in [3.05, 3.63) is 59.4 Å². The summed E-state index contributed by atoms with van der Waals surface area (Å²) in [4.78, 5) is 12.2. The van der Waals surface area contributed by atoms with Gasteiger partial charge in [0.25, 0.3) is 0 Å². The molecule has 3 rings (SSSR count). The highest BCUT2D eigenvalue weighted by atomic mass is 16.2. The van der Waals surface area contributed by atoms with E-state index in [1.165, 1.54) is 11.1 Å². The molecule has 1 atom stereocenters. The molecule has 102 valence electrons. The second-order valence-corrected chi connectivity index (χ2v) is 4.84. The van der Waals surface area contributed by atoms with Crippen molar-refractivity contribution in [1.82, 2.24) is 20.8 Å². The average Bonchev–Trinajstić information content (AvgIpc) is 2.53. The first-order valence-corrected chi connectivity index (χ1v) is 6.67. The van der Waals surface area contributed by atoms with Gasteiger partial charge in [0.1, 0.15) is 0 Å². The highest BCUT2D eigenvalue weighted by molar-refractivity contribution is 5.82. The first kappa shape index (κ1) is 12.7. The van der Waals surface area contributed by atoms with E-state index in [0.29, 0.717) is 6.54 Å². The molecule has 0 unspecified atom stereocenters. The van der Waals surface area contributed by atoms with Gasteiger partial charge in [-0.2, -0.15) is 10.2 Å². The van der Waals surface area contributed by atoms with Crippen LogP contribution in [0.2, 0.25) is 0 Å². The molecule has 1 aliphatic heterocycles. The standard InChI is InChI=1S/C15H16N4O/c20-15(17-10-13-6-3-7-18-19-13)14-8-11-4-1-2-5-12(11)9-16-14/h1-7,14,16H,8-10H2,(H,17,20)/t14-/m1/s1. The highest BCUT2D eigenvalue weighted by Gasteiger charge is 2.23. The zero-order chi connectivity index (χ0) is 13.8. The summed E-state index contributed by atoms with van der Waals surface area (Å²) < 4.78 is 0. The van der Waals surface area contributed by atoms with Gasteiger partial charge in [0, 0.05) is 12.7 Å². The normalized spacial score (nSPS) is 17.3. The number of amides is 1. The van der Waals surface area contributed by atoms with E-state index in [2.05, 4.69) is 33.0 Å². The molecule has 1 amide bonds. The maximum atomic E-state index is 12.2. The topological polar surface area (TPSA) is 66.9 Å². The van der Waals surface area contributed by atoms with Crippen LogP contribution >= 0.6 is 0 Å². The number of nitrogens with one attached hydrogen (secondary N) is 2. The monoisotopic (exact) mass is 268 g/mol. The predicted octanol–water partition coefficient (Wildman–Crippen LogP) is 0.807. The fraction of sp³-hybridized carbons (Fsp3) is 0.267. The van der Waals surface area contributed by atoms with E-state index in [-0.39, 0.29) is 11.9 Å². The first-order chi connectivity index (χ1) is 9.83. The third kappa shape index (κ3) is 2.83. The Morgan fingerprint density at radius 2 is 2.10 bits per heavy atom. The summed E-state index contributed by atoms with van der Waals surface area (Å²) in [6.45, 7) is 1.14. The summed E-state index contributed by atoms with van der Waals surface area (Å²) in [6, 6.07) is 11.7. The maximum absolute atomic E-state index is 12.2. The number of carbonyl (C=O) groups excluding carboxylic acids is 1. The van der Waals surface area contributed by atoms with Gasteiger partial charge in [-0.1, -0.05) is 24.3 Å². The predicted molar refractivity (Wildman–Crippen MR) is 74.7 cm³/mol. The molecule has 0 saturated carbocycles. The minimum Gasteiger partial charge on any atom is -0.349 e. The van der Waals surface area contributed by atoms with Gasteiger partial charge in [0.05, 0.1) is 18.3 Å². The van der Waals surface area contributed by atoms with Crippen LogP contribution in [0.4, 0.5) is 0 Å². The van der Waals surface area contributed by atoms with Crippen molar-refractivity contribution in [1.29, 1.82) is 0 Å². The SMILES string of the molecule is O=C(NCc1cccnn1)[C@H]1Cc2ccccc2CN1. The van der Waals surface area contributed by atoms with Crippen molar-refractivity contribution in [2.45, 2.75) is 25.6 Å². The molecule has 1 aromatic carbocycles. The number of hydrogen-bond acceptors (Lipinski definition) is 4. The Hall–Kier alpha value is -2.27. The van der Waals surface area contributed by atoms with Gasteiger partial charge >= 0.3 is 0 Å². The van der Waals surface area contributed by atoms with Gasteiger partial charge in [0.15, 0.2) is 0 Å². The molecule has 1 aromatic heterocycles. The van der Waals surface area contributed by atoms with E-state index in [0.717, 1.165) is 18.7 Å². The summed E-state index contributed by atoms with van der Waals surface area (Å²) in [5.41, 5.74) is 3.27. The van der Waals surface area contributed by atoms with E-state index < -0.39 is 0 Å². The van der Waals surface area contributed by atoms with Crippen LogP contribution in [-0.4, -0.2) is 22.1 Å². The summed E-state index contributed by atoms with van der Waals surface area (Å²) >= 11 is 0. The molecular formula is C15H16N4O. The molecule has 0 radical (unpaired) electrons. The lowest BCUT2D eigenvalue weighted by Gasteiger charge is -2.25. The molecule has 0 fully saturated rings. The fourth-order valence-electron chi connectivity index (χ4n) is 2.37. The quantitative estimate of drug-likeness (QED) is 0.864. The maximum Gasteiger partial charge on any atom is 0.237 e. The number of nitrogens with zero attached hydrogens (tertiary/aromatic N) is 2. The van der Waals surface area contributed by atoms with Crippen LogP contribution in [-0.2, 0) is 24.3 Å². The van der Waals surface area contributed by atoms with Crippen LogP contribution in [0.3, 0.4) is 0 Å². The molecule has 0 saturated heterocycles. The lowest BCUT2D eigenvalue weighted by atomic mass is 9.95. The van der Waals surface area contributed by atoms with E-state index in [4.69, 9.17) is 0 Å². The van der Waals surface area contributed by atoms with Crippen molar-refractivity contribution in [2.24, 2.45) is 0 Å². The van der Waals surface area contributed by atoms with E-state index in [1.807, 2.05) is 24.3 Å². The Labute approximate surface area is 117 Å². The van der Waals surface area contributed by atoms with Gasteiger partial charge in [-0.3, -0.25) is 4.79 Å². The summed E-state index contributed by atoms with van der Waals surface area (Å²) in [5.74, 6) is 0.00477.